The highest BCUT2D eigenvalue weighted by Crippen LogP contribution is 2.29. The SMILES string of the molecule is CN(CC1CCCO1)S(=O)(=O)c1cccc(F)c1[N+](=O)[O-]. The van der Waals surface area contributed by atoms with E-state index in [4.69, 9.17) is 4.74 Å². The van der Waals surface area contributed by atoms with Gasteiger partial charge in [0.05, 0.1) is 11.0 Å². The molecule has 0 amide bonds. The minimum atomic E-state index is -4.15. The highest BCUT2D eigenvalue weighted by Gasteiger charge is 2.33. The van der Waals surface area contributed by atoms with Gasteiger partial charge in [-0.3, -0.25) is 10.1 Å². The van der Waals surface area contributed by atoms with E-state index >= 15 is 0 Å². The Labute approximate surface area is 121 Å². The van der Waals surface area contributed by atoms with Gasteiger partial charge in [-0.2, -0.15) is 8.70 Å². The number of ether oxygens (including phenoxy) is 1. The zero-order chi connectivity index (χ0) is 15.6. The van der Waals surface area contributed by atoms with E-state index in [0.717, 1.165) is 35.3 Å². The first kappa shape index (κ1) is 15.8. The van der Waals surface area contributed by atoms with Crippen LogP contribution in [0.2, 0.25) is 0 Å². The number of hydrogen-bond acceptors (Lipinski definition) is 5. The molecule has 0 aliphatic carbocycles. The third kappa shape index (κ3) is 3.20. The molecule has 0 aromatic heterocycles. The fourth-order valence-electron chi connectivity index (χ4n) is 2.22. The number of likely N-dealkylation sites (N-methyl/N-ethyl adjacent to an activating group) is 1. The molecule has 1 aliphatic heterocycles. The standard InChI is InChI=1S/C12H15FN2O5S/c1-14(8-9-4-3-7-20-9)21(18,19)11-6-2-5-10(13)12(11)15(16)17/h2,5-6,9H,3-4,7-8H2,1H3. The first-order valence-electron chi connectivity index (χ1n) is 6.35. The molecule has 116 valence electrons. The molecule has 1 atom stereocenters. The molecule has 0 bridgehead atoms. The quantitative estimate of drug-likeness (QED) is 0.606. The topological polar surface area (TPSA) is 89.8 Å². The lowest BCUT2D eigenvalue weighted by Gasteiger charge is -2.20. The van der Waals surface area contributed by atoms with E-state index in [2.05, 4.69) is 0 Å². The van der Waals surface area contributed by atoms with Crippen LogP contribution in [0.25, 0.3) is 0 Å². The lowest BCUT2D eigenvalue weighted by Crippen LogP contribution is -2.34. The van der Waals surface area contributed by atoms with Gasteiger partial charge in [-0.15, -0.1) is 0 Å². The highest BCUT2D eigenvalue weighted by molar-refractivity contribution is 7.89. The van der Waals surface area contributed by atoms with Crippen LogP contribution in [0.4, 0.5) is 10.1 Å². The molecule has 21 heavy (non-hydrogen) atoms. The monoisotopic (exact) mass is 318 g/mol. The van der Waals surface area contributed by atoms with Crippen molar-refractivity contribution in [2.75, 3.05) is 20.2 Å². The van der Waals surface area contributed by atoms with Crippen molar-refractivity contribution in [2.45, 2.75) is 23.8 Å². The van der Waals surface area contributed by atoms with E-state index in [0.29, 0.717) is 6.61 Å². The number of benzene rings is 1. The normalized spacial score (nSPS) is 19.1. The molecule has 1 saturated heterocycles. The molecule has 1 aromatic rings. The van der Waals surface area contributed by atoms with Crippen molar-refractivity contribution in [3.8, 4) is 0 Å². The van der Waals surface area contributed by atoms with Gasteiger partial charge in [0, 0.05) is 20.2 Å². The fourth-order valence-corrected chi connectivity index (χ4v) is 3.59. The summed E-state index contributed by atoms with van der Waals surface area (Å²) in [5.41, 5.74) is -1.03. The van der Waals surface area contributed by atoms with Crippen LogP contribution in [0, 0.1) is 15.9 Å². The van der Waals surface area contributed by atoms with Crippen LogP contribution in [0.1, 0.15) is 12.8 Å². The maximum atomic E-state index is 13.6. The van der Waals surface area contributed by atoms with Gasteiger partial charge in [0.15, 0.2) is 4.90 Å². The van der Waals surface area contributed by atoms with E-state index in [1.807, 2.05) is 0 Å². The first-order chi connectivity index (χ1) is 9.84. The third-order valence-electron chi connectivity index (χ3n) is 3.31. The minimum Gasteiger partial charge on any atom is -0.377 e. The number of nitrogens with zero attached hydrogens (tertiary/aromatic N) is 2. The van der Waals surface area contributed by atoms with E-state index in [1.54, 1.807) is 0 Å². The Hall–Kier alpha value is -1.58. The molecular weight excluding hydrogens is 303 g/mol. The number of rotatable bonds is 5. The van der Waals surface area contributed by atoms with Gasteiger partial charge < -0.3 is 4.74 Å². The zero-order valence-corrected chi connectivity index (χ0v) is 12.2. The van der Waals surface area contributed by atoms with Gasteiger partial charge in [-0.05, 0) is 25.0 Å². The van der Waals surface area contributed by atoms with Crippen molar-refractivity contribution >= 4 is 15.7 Å². The van der Waals surface area contributed by atoms with Crippen molar-refractivity contribution in [2.24, 2.45) is 0 Å². The summed E-state index contributed by atoms with van der Waals surface area (Å²) in [7, 11) is -2.86. The molecule has 7 nitrogen and oxygen atoms in total. The van der Waals surface area contributed by atoms with Crippen molar-refractivity contribution < 1.29 is 22.5 Å². The van der Waals surface area contributed by atoms with E-state index in [1.165, 1.54) is 7.05 Å². The van der Waals surface area contributed by atoms with Crippen molar-refractivity contribution in [3.05, 3.63) is 34.1 Å². The Kier molecular flexibility index (Phi) is 4.55. The molecule has 1 unspecified atom stereocenters. The summed E-state index contributed by atoms with van der Waals surface area (Å²) in [4.78, 5) is 9.24. The average molecular weight is 318 g/mol. The molecule has 1 aliphatic rings. The van der Waals surface area contributed by atoms with Crippen LogP contribution in [0.5, 0.6) is 0 Å². The Balaban J connectivity index is 2.34. The summed E-state index contributed by atoms with van der Waals surface area (Å²) in [6.45, 7) is 0.647. The first-order valence-corrected chi connectivity index (χ1v) is 7.79. The van der Waals surface area contributed by atoms with Gasteiger partial charge in [0.2, 0.25) is 15.8 Å². The smallest absolute Gasteiger partial charge is 0.324 e. The molecule has 0 radical (unpaired) electrons. The van der Waals surface area contributed by atoms with E-state index in [-0.39, 0.29) is 12.6 Å². The van der Waals surface area contributed by atoms with Crippen LogP contribution in [-0.4, -0.2) is 43.9 Å². The molecule has 9 heteroatoms. The third-order valence-corrected chi connectivity index (χ3v) is 5.16. The Morgan fingerprint density at radius 3 is 2.81 bits per heavy atom. The number of halogens is 1. The van der Waals surface area contributed by atoms with Gasteiger partial charge in [-0.25, -0.2) is 8.42 Å². The lowest BCUT2D eigenvalue weighted by atomic mass is 10.2. The minimum absolute atomic E-state index is 0.0794. The fraction of sp³-hybridized carbons (Fsp3) is 0.500. The zero-order valence-electron chi connectivity index (χ0n) is 11.4. The predicted octanol–water partition coefficient (Wildman–Crippen LogP) is 1.53. The molecule has 1 aromatic carbocycles. The van der Waals surface area contributed by atoms with Crippen molar-refractivity contribution in [3.63, 3.8) is 0 Å². The van der Waals surface area contributed by atoms with Crippen LogP contribution in [-0.2, 0) is 14.8 Å². The van der Waals surface area contributed by atoms with Crippen LogP contribution in [0.3, 0.4) is 0 Å². The number of para-hydroxylation sites is 1. The molecule has 0 saturated carbocycles. The lowest BCUT2D eigenvalue weighted by molar-refractivity contribution is -0.390. The average Bonchev–Trinajstić information content (AvgIpc) is 2.90. The summed E-state index contributed by atoms with van der Waals surface area (Å²) in [6.07, 6.45) is 1.33. The van der Waals surface area contributed by atoms with Crippen molar-refractivity contribution in [1.29, 1.82) is 0 Å². The molecule has 1 heterocycles. The second-order valence-corrected chi connectivity index (χ2v) is 6.78. The van der Waals surface area contributed by atoms with Gasteiger partial charge >= 0.3 is 5.69 Å². The predicted molar refractivity (Wildman–Crippen MR) is 71.8 cm³/mol. The van der Waals surface area contributed by atoms with Gasteiger partial charge in [0.25, 0.3) is 0 Å². The summed E-state index contributed by atoms with van der Waals surface area (Å²) in [5.74, 6) is -1.17. The maximum Gasteiger partial charge on any atom is 0.324 e. The summed E-state index contributed by atoms with van der Waals surface area (Å²) in [5, 5.41) is 10.9. The van der Waals surface area contributed by atoms with Crippen LogP contribution < -0.4 is 0 Å². The Morgan fingerprint density at radius 2 is 2.24 bits per heavy atom. The summed E-state index contributed by atoms with van der Waals surface area (Å²) in [6, 6.07) is 3.02. The second kappa shape index (κ2) is 6.04. The Morgan fingerprint density at radius 1 is 1.52 bits per heavy atom. The largest absolute Gasteiger partial charge is 0.377 e. The van der Waals surface area contributed by atoms with Gasteiger partial charge in [-0.1, -0.05) is 6.07 Å². The van der Waals surface area contributed by atoms with E-state index < -0.39 is 31.3 Å². The van der Waals surface area contributed by atoms with Gasteiger partial charge in [0.1, 0.15) is 0 Å². The molecule has 0 N–H and O–H groups in total. The number of nitro benzene ring substituents is 1. The molecular formula is C12H15FN2O5S. The molecule has 0 spiro atoms. The summed E-state index contributed by atoms with van der Waals surface area (Å²) < 4.78 is 44.6. The van der Waals surface area contributed by atoms with Crippen molar-refractivity contribution in [1.82, 2.24) is 4.31 Å². The second-order valence-electron chi connectivity index (χ2n) is 4.76. The summed E-state index contributed by atoms with van der Waals surface area (Å²) >= 11 is 0. The van der Waals surface area contributed by atoms with E-state index in [9.17, 15) is 22.9 Å². The number of hydrogen-bond donors (Lipinski definition) is 0. The Bertz CT molecular complexity index is 643. The molecule has 2 rings (SSSR count). The number of sulfonamides is 1. The maximum absolute atomic E-state index is 13.6. The van der Waals surface area contributed by atoms with Crippen LogP contribution in [0.15, 0.2) is 23.1 Å². The highest BCUT2D eigenvalue weighted by atomic mass is 32.2. The van der Waals surface area contributed by atoms with Crippen LogP contribution >= 0.6 is 0 Å². The number of nitro groups is 1. The molecule has 1 fully saturated rings.